The molecule has 2 heterocycles. The lowest BCUT2D eigenvalue weighted by Crippen LogP contribution is -2.26. The van der Waals surface area contributed by atoms with Gasteiger partial charge in [-0.1, -0.05) is 35.0 Å². The number of rotatable bonds is 4. The molecule has 3 rings (SSSR count). The van der Waals surface area contributed by atoms with Gasteiger partial charge in [-0.2, -0.15) is 5.10 Å². The lowest BCUT2D eigenvalue weighted by molar-refractivity contribution is -0.118. The van der Waals surface area contributed by atoms with E-state index in [-0.39, 0.29) is 11.2 Å². The summed E-state index contributed by atoms with van der Waals surface area (Å²) in [6, 6.07) is 8.71. The van der Waals surface area contributed by atoms with E-state index in [1.54, 1.807) is 36.6 Å². The van der Waals surface area contributed by atoms with E-state index in [1.807, 2.05) is 0 Å². The largest absolute Gasteiger partial charge is 0.463 e. The Morgan fingerprint density at radius 3 is 3.00 bits per heavy atom. The Balaban J connectivity index is 1.66. The third kappa shape index (κ3) is 4.16. The molecule has 0 spiro atoms. The molecule has 0 unspecified atom stereocenters. The highest BCUT2D eigenvalue weighted by Gasteiger charge is 2.31. The SMILES string of the molecule is O=C1N/C(=N/N=C\c2ccco2)S[C@H]1Cc1cc(Cl)ccc1Cl. The van der Waals surface area contributed by atoms with Crippen molar-refractivity contribution in [1.29, 1.82) is 0 Å². The predicted molar refractivity (Wildman–Crippen MR) is 93.4 cm³/mol. The summed E-state index contributed by atoms with van der Waals surface area (Å²) in [5.41, 5.74) is 0.826. The van der Waals surface area contributed by atoms with E-state index in [9.17, 15) is 4.79 Å². The van der Waals surface area contributed by atoms with Gasteiger partial charge >= 0.3 is 0 Å². The highest BCUT2D eigenvalue weighted by atomic mass is 35.5. The smallest absolute Gasteiger partial charge is 0.239 e. The molecule has 1 aromatic heterocycles. The summed E-state index contributed by atoms with van der Waals surface area (Å²) in [7, 11) is 0. The highest BCUT2D eigenvalue weighted by molar-refractivity contribution is 8.15. The van der Waals surface area contributed by atoms with Gasteiger partial charge in [0.2, 0.25) is 5.91 Å². The Hall–Kier alpha value is -1.76. The average Bonchev–Trinajstić information content (AvgIpc) is 3.14. The highest BCUT2D eigenvalue weighted by Crippen LogP contribution is 2.28. The maximum Gasteiger partial charge on any atom is 0.239 e. The van der Waals surface area contributed by atoms with Crippen LogP contribution in [0.3, 0.4) is 0 Å². The van der Waals surface area contributed by atoms with Gasteiger partial charge in [-0.25, -0.2) is 0 Å². The molecule has 1 atom stereocenters. The molecular formula is C15H11Cl2N3O2S. The fourth-order valence-electron chi connectivity index (χ4n) is 1.99. The maximum atomic E-state index is 12.0. The molecule has 0 saturated carbocycles. The summed E-state index contributed by atoms with van der Waals surface area (Å²) in [6.07, 6.45) is 3.49. The lowest BCUT2D eigenvalue weighted by atomic mass is 10.1. The predicted octanol–water partition coefficient (Wildman–Crippen LogP) is 3.75. The standard InChI is InChI=1S/C15H11Cl2N3O2S/c16-10-3-4-12(17)9(6-10)7-13-14(21)19-15(23-13)20-18-8-11-2-1-5-22-11/h1-6,8,13H,7H2,(H,19,20,21)/b18-8-/t13-/m0/s1. The summed E-state index contributed by atoms with van der Waals surface area (Å²) in [4.78, 5) is 12.0. The minimum atomic E-state index is -0.316. The molecule has 0 bridgehead atoms. The monoisotopic (exact) mass is 367 g/mol. The molecule has 8 heteroatoms. The number of furan rings is 1. The number of benzene rings is 1. The summed E-state index contributed by atoms with van der Waals surface area (Å²) in [5.74, 6) is 0.462. The first-order valence-electron chi connectivity index (χ1n) is 6.68. The summed E-state index contributed by atoms with van der Waals surface area (Å²) in [6.45, 7) is 0. The molecule has 0 radical (unpaired) electrons. The normalized spacial score (nSPS) is 19.7. The third-order valence-corrected chi connectivity index (χ3v) is 4.74. The molecule has 118 valence electrons. The van der Waals surface area contributed by atoms with Crippen LogP contribution >= 0.6 is 35.0 Å². The van der Waals surface area contributed by atoms with Crippen LogP contribution in [0.2, 0.25) is 10.0 Å². The molecule has 23 heavy (non-hydrogen) atoms. The number of hydrogen-bond acceptors (Lipinski definition) is 5. The van der Waals surface area contributed by atoms with Crippen LogP contribution in [0.1, 0.15) is 11.3 Å². The van der Waals surface area contributed by atoms with Crippen molar-refractivity contribution in [3.63, 3.8) is 0 Å². The zero-order valence-electron chi connectivity index (χ0n) is 11.7. The van der Waals surface area contributed by atoms with Gasteiger partial charge in [0.1, 0.15) is 5.76 Å². The second-order valence-electron chi connectivity index (χ2n) is 4.70. The van der Waals surface area contributed by atoms with E-state index >= 15 is 0 Å². The zero-order chi connectivity index (χ0) is 16.2. The van der Waals surface area contributed by atoms with Gasteiger partial charge in [0, 0.05) is 10.0 Å². The Morgan fingerprint density at radius 2 is 2.22 bits per heavy atom. The number of halogens is 2. The number of nitrogens with zero attached hydrogens (tertiary/aromatic N) is 2. The Bertz CT molecular complexity index is 775. The van der Waals surface area contributed by atoms with Crippen molar-refractivity contribution in [3.05, 3.63) is 58.0 Å². The van der Waals surface area contributed by atoms with E-state index in [2.05, 4.69) is 15.5 Å². The Kier molecular flexibility index (Phi) is 5.05. The first kappa shape index (κ1) is 16.1. The number of carbonyl (C=O) groups is 1. The number of hydrogen-bond donors (Lipinski definition) is 1. The molecule has 1 saturated heterocycles. The Morgan fingerprint density at radius 1 is 1.35 bits per heavy atom. The fourth-order valence-corrected chi connectivity index (χ4v) is 3.33. The van der Waals surface area contributed by atoms with Crippen LogP contribution in [0.5, 0.6) is 0 Å². The quantitative estimate of drug-likeness (QED) is 0.660. The number of amidine groups is 1. The Labute approximate surface area is 146 Å². The summed E-state index contributed by atoms with van der Waals surface area (Å²) in [5, 5.41) is 11.9. The second-order valence-corrected chi connectivity index (χ2v) is 6.74. The fraction of sp³-hybridized carbons (Fsp3) is 0.133. The van der Waals surface area contributed by atoms with Crippen LogP contribution in [-0.4, -0.2) is 22.5 Å². The first-order chi connectivity index (χ1) is 11.1. The molecule has 1 amide bonds. The minimum Gasteiger partial charge on any atom is -0.463 e. The molecule has 1 N–H and O–H groups in total. The van der Waals surface area contributed by atoms with Crippen molar-refractivity contribution < 1.29 is 9.21 Å². The molecule has 5 nitrogen and oxygen atoms in total. The lowest BCUT2D eigenvalue weighted by Gasteiger charge is -2.07. The molecule has 1 aliphatic heterocycles. The average molecular weight is 368 g/mol. The third-order valence-electron chi connectivity index (χ3n) is 3.07. The molecular weight excluding hydrogens is 357 g/mol. The molecule has 1 fully saturated rings. The van der Waals surface area contributed by atoms with Gasteiger partial charge in [0.25, 0.3) is 0 Å². The van der Waals surface area contributed by atoms with Gasteiger partial charge in [0.15, 0.2) is 5.17 Å². The molecule has 2 aromatic rings. The first-order valence-corrected chi connectivity index (χ1v) is 8.31. The summed E-state index contributed by atoms with van der Waals surface area (Å²) < 4.78 is 5.10. The van der Waals surface area contributed by atoms with Gasteiger partial charge in [-0.15, -0.1) is 5.10 Å². The van der Waals surface area contributed by atoms with Gasteiger partial charge in [-0.3, -0.25) is 4.79 Å². The number of carbonyl (C=O) groups excluding carboxylic acids is 1. The van der Waals surface area contributed by atoms with Crippen molar-refractivity contribution in [3.8, 4) is 0 Å². The van der Waals surface area contributed by atoms with Crippen molar-refractivity contribution in [2.75, 3.05) is 0 Å². The minimum absolute atomic E-state index is 0.127. The number of thioether (sulfide) groups is 1. The maximum absolute atomic E-state index is 12.0. The van der Waals surface area contributed by atoms with Crippen LogP contribution in [0, 0.1) is 0 Å². The zero-order valence-corrected chi connectivity index (χ0v) is 14.0. The molecule has 0 aliphatic carbocycles. The van der Waals surface area contributed by atoms with E-state index in [0.717, 1.165) is 5.56 Å². The van der Waals surface area contributed by atoms with Crippen LogP contribution in [0.4, 0.5) is 0 Å². The number of amides is 1. The molecule has 1 aromatic carbocycles. The van der Waals surface area contributed by atoms with E-state index in [1.165, 1.54) is 18.0 Å². The van der Waals surface area contributed by atoms with E-state index < -0.39 is 0 Å². The van der Waals surface area contributed by atoms with Crippen molar-refractivity contribution in [2.45, 2.75) is 11.7 Å². The van der Waals surface area contributed by atoms with Crippen LogP contribution < -0.4 is 5.32 Å². The summed E-state index contributed by atoms with van der Waals surface area (Å²) >= 11 is 13.4. The van der Waals surface area contributed by atoms with E-state index in [4.69, 9.17) is 27.6 Å². The number of nitrogens with one attached hydrogen (secondary N) is 1. The topological polar surface area (TPSA) is 67.0 Å². The van der Waals surface area contributed by atoms with E-state index in [0.29, 0.717) is 27.4 Å². The van der Waals surface area contributed by atoms with Gasteiger partial charge in [-0.05, 0) is 42.3 Å². The van der Waals surface area contributed by atoms with Crippen molar-refractivity contribution >= 4 is 52.3 Å². The van der Waals surface area contributed by atoms with Crippen molar-refractivity contribution in [1.82, 2.24) is 5.32 Å². The van der Waals surface area contributed by atoms with Gasteiger partial charge in [0.05, 0.1) is 17.7 Å². The van der Waals surface area contributed by atoms with Crippen molar-refractivity contribution in [2.24, 2.45) is 10.2 Å². The van der Waals surface area contributed by atoms with Gasteiger partial charge < -0.3 is 9.73 Å². The molecule has 1 aliphatic rings. The van der Waals surface area contributed by atoms with Crippen LogP contribution in [0.25, 0.3) is 0 Å². The van der Waals surface area contributed by atoms with Crippen LogP contribution in [-0.2, 0) is 11.2 Å². The van der Waals surface area contributed by atoms with Crippen LogP contribution in [0.15, 0.2) is 51.2 Å². The second kappa shape index (κ2) is 7.21.